The van der Waals surface area contributed by atoms with Crippen LogP contribution in [-0.4, -0.2) is 31.9 Å². The maximum absolute atomic E-state index is 11.1. The fraction of sp³-hybridized carbons (Fsp3) is 0.286. The van der Waals surface area contributed by atoms with Gasteiger partial charge in [-0.25, -0.2) is 4.98 Å². The molecule has 0 saturated carbocycles. The van der Waals surface area contributed by atoms with Crippen molar-refractivity contribution in [3.8, 4) is 0 Å². The van der Waals surface area contributed by atoms with Gasteiger partial charge in [0.05, 0.1) is 17.6 Å². The number of aryl methyl sites for hydroxylation is 1. The summed E-state index contributed by atoms with van der Waals surface area (Å²) in [5.41, 5.74) is 2.47. The largest absolute Gasteiger partial charge is 0.360 e. The van der Waals surface area contributed by atoms with Crippen molar-refractivity contribution in [3.05, 3.63) is 30.1 Å². The summed E-state index contributed by atoms with van der Waals surface area (Å²) in [7, 11) is 0. The van der Waals surface area contributed by atoms with Crippen LogP contribution in [0.1, 0.15) is 19.7 Å². The number of hydrogen-bond acceptors (Lipinski definition) is 5. The van der Waals surface area contributed by atoms with Gasteiger partial charge >= 0.3 is 0 Å². The maximum Gasteiger partial charge on any atom is 0.204 e. The SMILES string of the molecule is CCc1nnc2c(NCC(C)=O)nc3ccccc3n12. The number of ketones is 1. The monoisotopic (exact) mass is 269 g/mol. The summed E-state index contributed by atoms with van der Waals surface area (Å²) >= 11 is 0. The number of benzene rings is 1. The van der Waals surface area contributed by atoms with Gasteiger partial charge < -0.3 is 5.32 Å². The van der Waals surface area contributed by atoms with Gasteiger partial charge in [0.25, 0.3) is 0 Å². The number of aromatic nitrogens is 4. The van der Waals surface area contributed by atoms with Crippen LogP contribution in [0, 0.1) is 0 Å². The number of carbonyl (C=O) groups is 1. The van der Waals surface area contributed by atoms with Gasteiger partial charge in [0.2, 0.25) is 5.65 Å². The van der Waals surface area contributed by atoms with E-state index in [9.17, 15) is 4.79 Å². The van der Waals surface area contributed by atoms with E-state index in [4.69, 9.17) is 0 Å². The van der Waals surface area contributed by atoms with Crippen LogP contribution in [0.5, 0.6) is 0 Å². The second-order valence-electron chi connectivity index (χ2n) is 4.63. The second kappa shape index (κ2) is 4.88. The van der Waals surface area contributed by atoms with Gasteiger partial charge in [-0.3, -0.25) is 9.20 Å². The van der Waals surface area contributed by atoms with Crippen molar-refractivity contribution in [2.45, 2.75) is 20.3 Å². The van der Waals surface area contributed by atoms with Gasteiger partial charge in [0, 0.05) is 6.42 Å². The van der Waals surface area contributed by atoms with Crippen molar-refractivity contribution in [1.29, 1.82) is 0 Å². The predicted molar refractivity (Wildman–Crippen MR) is 76.8 cm³/mol. The van der Waals surface area contributed by atoms with Crippen LogP contribution in [0.15, 0.2) is 24.3 Å². The molecule has 0 radical (unpaired) electrons. The third-order valence-corrected chi connectivity index (χ3v) is 3.12. The summed E-state index contributed by atoms with van der Waals surface area (Å²) in [6, 6.07) is 7.83. The maximum atomic E-state index is 11.1. The average Bonchev–Trinajstić information content (AvgIpc) is 2.89. The smallest absolute Gasteiger partial charge is 0.204 e. The lowest BCUT2D eigenvalue weighted by Crippen LogP contribution is -2.12. The molecule has 0 fully saturated rings. The molecular formula is C14H15N5O. The molecule has 0 aliphatic rings. The molecule has 0 aliphatic heterocycles. The predicted octanol–water partition coefficient (Wildman–Crippen LogP) is 1.84. The number of fused-ring (bicyclic) bond motifs is 3. The zero-order chi connectivity index (χ0) is 14.1. The lowest BCUT2D eigenvalue weighted by atomic mass is 10.3. The van der Waals surface area contributed by atoms with Gasteiger partial charge in [0.15, 0.2) is 5.82 Å². The first-order chi connectivity index (χ1) is 9.70. The molecule has 3 rings (SSSR count). The molecule has 0 spiro atoms. The first-order valence-corrected chi connectivity index (χ1v) is 6.56. The molecule has 2 heterocycles. The van der Waals surface area contributed by atoms with Crippen LogP contribution in [0.4, 0.5) is 5.82 Å². The quantitative estimate of drug-likeness (QED) is 0.782. The van der Waals surface area contributed by atoms with Crippen molar-refractivity contribution in [1.82, 2.24) is 19.6 Å². The fourth-order valence-electron chi connectivity index (χ4n) is 2.20. The van der Waals surface area contributed by atoms with E-state index in [-0.39, 0.29) is 12.3 Å². The zero-order valence-electron chi connectivity index (χ0n) is 11.4. The summed E-state index contributed by atoms with van der Waals surface area (Å²) in [6.45, 7) is 3.80. The molecule has 1 N–H and O–H groups in total. The molecule has 6 nitrogen and oxygen atoms in total. The summed E-state index contributed by atoms with van der Waals surface area (Å²) in [5, 5.41) is 11.4. The highest BCUT2D eigenvalue weighted by Crippen LogP contribution is 2.21. The topological polar surface area (TPSA) is 72.2 Å². The molecule has 0 atom stereocenters. The Bertz CT molecular complexity index is 793. The van der Waals surface area contributed by atoms with Gasteiger partial charge in [-0.15, -0.1) is 10.2 Å². The van der Waals surface area contributed by atoms with Crippen LogP contribution in [0.2, 0.25) is 0 Å². The Balaban J connectivity index is 2.28. The Labute approximate surface area is 115 Å². The number of nitrogens with zero attached hydrogens (tertiary/aromatic N) is 4. The Hall–Kier alpha value is -2.50. The van der Waals surface area contributed by atoms with Crippen LogP contribution in [0.3, 0.4) is 0 Å². The van der Waals surface area contributed by atoms with E-state index in [1.54, 1.807) is 0 Å². The number of para-hydroxylation sites is 2. The van der Waals surface area contributed by atoms with E-state index in [1.165, 1.54) is 6.92 Å². The highest BCUT2D eigenvalue weighted by Gasteiger charge is 2.13. The van der Waals surface area contributed by atoms with Crippen molar-refractivity contribution in [2.75, 3.05) is 11.9 Å². The van der Waals surface area contributed by atoms with Crippen molar-refractivity contribution >= 4 is 28.3 Å². The molecule has 1 aromatic carbocycles. The van der Waals surface area contributed by atoms with Gasteiger partial charge in [-0.1, -0.05) is 19.1 Å². The summed E-state index contributed by atoms with van der Waals surface area (Å²) in [6.07, 6.45) is 0.779. The van der Waals surface area contributed by atoms with Crippen LogP contribution >= 0.6 is 0 Å². The van der Waals surface area contributed by atoms with Gasteiger partial charge in [-0.05, 0) is 19.1 Å². The molecule has 6 heteroatoms. The molecule has 3 aromatic rings. The number of hydrogen-bond donors (Lipinski definition) is 1. The third kappa shape index (κ3) is 1.99. The molecule has 0 amide bonds. The molecular weight excluding hydrogens is 254 g/mol. The molecule has 20 heavy (non-hydrogen) atoms. The lowest BCUT2D eigenvalue weighted by Gasteiger charge is -2.08. The minimum atomic E-state index is 0.0494. The number of anilines is 1. The van der Waals surface area contributed by atoms with Crippen molar-refractivity contribution < 1.29 is 4.79 Å². The Kier molecular flexibility index (Phi) is 3.06. The molecule has 0 saturated heterocycles. The summed E-state index contributed by atoms with van der Waals surface area (Å²) in [4.78, 5) is 15.7. The number of rotatable bonds is 4. The van der Waals surface area contributed by atoms with Crippen LogP contribution in [-0.2, 0) is 11.2 Å². The minimum Gasteiger partial charge on any atom is -0.360 e. The van der Waals surface area contributed by atoms with Gasteiger partial charge in [0.1, 0.15) is 11.6 Å². The first kappa shape index (κ1) is 12.5. The highest BCUT2D eigenvalue weighted by molar-refractivity contribution is 5.85. The van der Waals surface area contributed by atoms with E-state index in [0.29, 0.717) is 11.5 Å². The van der Waals surface area contributed by atoms with Crippen molar-refractivity contribution in [3.63, 3.8) is 0 Å². The Morgan fingerprint density at radius 2 is 2.10 bits per heavy atom. The normalized spacial score (nSPS) is 11.1. The lowest BCUT2D eigenvalue weighted by molar-refractivity contribution is -0.115. The first-order valence-electron chi connectivity index (χ1n) is 6.56. The summed E-state index contributed by atoms with van der Waals surface area (Å²) < 4.78 is 1.99. The van der Waals surface area contributed by atoms with Crippen LogP contribution in [0.25, 0.3) is 16.7 Å². The van der Waals surface area contributed by atoms with Crippen molar-refractivity contribution in [2.24, 2.45) is 0 Å². The van der Waals surface area contributed by atoms with E-state index in [1.807, 2.05) is 35.6 Å². The minimum absolute atomic E-state index is 0.0494. The van der Waals surface area contributed by atoms with Gasteiger partial charge in [-0.2, -0.15) is 0 Å². The van der Waals surface area contributed by atoms with E-state index < -0.39 is 0 Å². The standard InChI is InChI=1S/C14H15N5O/c1-3-12-17-18-14-13(15-8-9(2)20)16-10-6-4-5-7-11(10)19(12)14/h4-7H,3,8H2,1-2H3,(H,15,16). The van der Waals surface area contributed by atoms with E-state index >= 15 is 0 Å². The Morgan fingerprint density at radius 1 is 1.30 bits per heavy atom. The fourth-order valence-corrected chi connectivity index (χ4v) is 2.20. The third-order valence-electron chi connectivity index (χ3n) is 3.12. The number of Topliss-reactive ketones (excluding diaryl/α,β-unsaturated/α-hetero) is 1. The molecule has 102 valence electrons. The molecule has 0 bridgehead atoms. The molecule has 2 aromatic heterocycles. The average molecular weight is 269 g/mol. The van der Waals surface area contributed by atoms with E-state index in [0.717, 1.165) is 23.3 Å². The van der Waals surface area contributed by atoms with E-state index in [2.05, 4.69) is 20.5 Å². The zero-order valence-corrected chi connectivity index (χ0v) is 11.4. The number of carbonyl (C=O) groups excluding carboxylic acids is 1. The summed E-state index contributed by atoms with van der Waals surface area (Å²) in [5.74, 6) is 1.52. The second-order valence-corrected chi connectivity index (χ2v) is 4.63. The highest BCUT2D eigenvalue weighted by atomic mass is 16.1. The Morgan fingerprint density at radius 3 is 2.85 bits per heavy atom. The van der Waals surface area contributed by atoms with Crippen LogP contribution < -0.4 is 5.32 Å². The molecule has 0 unspecified atom stereocenters. The molecule has 0 aliphatic carbocycles. The number of nitrogens with one attached hydrogen (secondary N) is 1.